The molecule has 1 spiro atoms. The van der Waals surface area contributed by atoms with Gasteiger partial charge in [0.05, 0.1) is 22.8 Å². The largest absolute Gasteiger partial charge is 0.370 e. The maximum atomic E-state index is 4.70. The minimum absolute atomic E-state index is 0.535. The van der Waals surface area contributed by atoms with Crippen LogP contribution in [0, 0.1) is 5.41 Å². The Hall–Kier alpha value is -2.07. The molecule has 2 fully saturated rings. The first-order chi connectivity index (χ1) is 13.1. The predicted molar refractivity (Wildman–Crippen MR) is 118 cm³/mol. The second-order valence-corrected chi connectivity index (χ2v) is 7.91. The number of anilines is 2. The van der Waals surface area contributed by atoms with Crippen LogP contribution in [-0.2, 0) is 0 Å². The van der Waals surface area contributed by atoms with Crippen LogP contribution in [0.15, 0.2) is 53.3 Å². The highest BCUT2D eigenvalue weighted by atomic mass is 15.2. The van der Waals surface area contributed by atoms with Crippen LogP contribution in [0.2, 0.25) is 0 Å². The number of nitrogens with zero attached hydrogens (tertiary/aromatic N) is 2. The van der Waals surface area contributed by atoms with Gasteiger partial charge >= 0.3 is 0 Å². The van der Waals surface area contributed by atoms with E-state index in [1.165, 1.54) is 38.0 Å². The quantitative estimate of drug-likeness (QED) is 0.552. The number of nitrogens with one attached hydrogen (secondary N) is 2. The van der Waals surface area contributed by atoms with Crippen LogP contribution in [0.5, 0.6) is 0 Å². The standard InChI is InChI=1S/C23H34N4/c1-5-18(3)25-20(6-2)19(4)26-21-9-7-8-10-22(21)27-15-12-23(13-16-27)11-14-24-17-23/h6-10,24,26H,4-5,11-17H2,1-3H3/b20-6-,25-18?. The molecule has 0 bridgehead atoms. The van der Waals surface area contributed by atoms with Crippen LogP contribution in [-0.4, -0.2) is 31.9 Å². The summed E-state index contributed by atoms with van der Waals surface area (Å²) in [6, 6.07) is 8.57. The molecule has 0 unspecified atom stereocenters. The summed E-state index contributed by atoms with van der Waals surface area (Å²) in [7, 11) is 0. The van der Waals surface area contributed by atoms with Crippen molar-refractivity contribution in [2.24, 2.45) is 10.4 Å². The molecule has 1 aromatic carbocycles. The summed E-state index contributed by atoms with van der Waals surface area (Å²) in [5, 5.41) is 7.08. The summed E-state index contributed by atoms with van der Waals surface area (Å²) >= 11 is 0. The van der Waals surface area contributed by atoms with Crippen LogP contribution in [0.25, 0.3) is 0 Å². The van der Waals surface area contributed by atoms with Gasteiger partial charge in [-0.3, -0.25) is 4.99 Å². The minimum atomic E-state index is 0.535. The van der Waals surface area contributed by atoms with Gasteiger partial charge < -0.3 is 15.5 Å². The van der Waals surface area contributed by atoms with Crippen molar-refractivity contribution in [2.75, 3.05) is 36.4 Å². The smallest absolute Gasteiger partial charge is 0.0814 e. The van der Waals surface area contributed by atoms with E-state index in [1.807, 2.05) is 13.0 Å². The lowest BCUT2D eigenvalue weighted by molar-refractivity contribution is 0.247. The van der Waals surface area contributed by atoms with Gasteiger partial charge in [0, 0.05) is 25.3 Å². The van der Waals surface area contributed by atoms with Gasteiger partial charge in [-0.15, -0.1) is 0 Å². The number of aliphatic imine (C=N–C) groups is 1. The Kier molecular flexibility index (Phi) is 6.38. The van der Waals surface area contributed by atoms with Gasteiger partial charge in [-0.1, -0.05) is 31.7 Å². The first-order valence-electron chi connectivity index (χ1n) is 10.3. The van der Waals surface area contributed by atoms with Crippen molar-refractivity contribution < 1.29 is 0 Å². The molecular weight excluding hydrogens is 332 g/mol. The number of allylic oxidation sites excluding steroid dienone is 1. The molecule has 0 aromatic heterocycles. The SMILES string of the molecule is C=C(Nc1ccccc1N1CCC2(CCNC2)CC1)/C(=C/C)N=C(C)CC. The Morgan fingerprint density at radius 1 is 1.30 bits per heavy atom. The highest BCUT2D eigenvalue weighted by Crippen LogP contribution is 2.39. The van der Waals surface area contributed by atoms with E-state index < -0.39 is 0 Å². The monoisotopic (exact) mass is 366 g/mol. The number of hydrogen-bond donors (Lipinski definition) is 2. The summed E-state index contributed by atoms with van der Waals surface area (Å²) in [6.45, 7) is 15.1. The van der Waals surface area contributed by atoms with Gasteiger partial charge in [0.15, 0.2) is 0 Å². The Morgan fingerprint density at radius 3 is 2.67 bits per heavy atom. The van der Waals surface area contributed by atoms with E-state index in [2.05, 4.69) is 60.2 Å². The van der Waals surface area contributed by atoms with Gasteiger partial charge in [0.25, 0.3) is 0 Å². The highest BCUT2D eigenvalue weighted by molar-refractivity contribution is 5.83. The molecule has 27 heavy (non-hydrogen) atoms. The molecule has 1 aromatic rings. The summed E-state index contributed by atoms with van der Waals surface area (Å²) in [6.07, 6.45) is 6.85. The first-order valence-corrected chi connectivity index (χ1v) is 10.3. The first kappa shape index (κ1) is 19.7. The molecule has 2 saturated heterocycles. The Bertz CT molecular complexity index is 716. The molecule has 146 valence electrons. The maximum Gasteiger partial charge on any atom is 0.0814 e. The van der Waals surface area contributed by atoms with Gasteiger partial charge in [-0.25, -0.2) is 0 Å². The molecule has 0 radical (unpaired) electrons. The molecule has 4 nitrogen and oxygen atoms in total. The van der Waals surface area contributed by atoms with Crippen molar-refractivity contribution in [3.8, 4) is 0 Å². The lowest BCUT2D eigenvalue weighted by Crippen LogP contribution is -2.41. The van der Waals surface area contributed by atoms with E-state index in [1.54, 1.807) is 0 Å². The normalized spacial score (nSPS) is 20.2. The van der Waals surface area contributed by atoms with E-state index in [-0.39, 0.29) is 0 Å². The number of hydrogen-bond acceptors (Lipinski definition) is 4. The van der Waals surface area contributed by atoms with E-state index in [4.69, 9.17) is 4.99 Å². The predicted octanol–water partition coefficient (Wildman–Crippen LogP) is 4.97. The third kappa shape index (κ3) is 4.62. The van der Waals surface area contributed by atoms with E-state index >= 15 is 0 Å². The number of benzene rings is 1. The summed E-state index contributed by atoms with van der Waals surface area (Å²) in [5.41, 5.74) is 5.81. The van der Waals surface area contributed by atoms with Crippen molar-refractivity contribution in [3.05, 3.63) is 48.3 Å². The average molecular weight is 367 g/mol. The fourth-order valence-electron chi connectivity index (χ4n) is 4.12. The topological polar surface area (TPSA) is 39.7 Å². The lowest BCUT2D eigenvalue weighted by atomic mass is 9.77. The average Bonchev–Trinajstić information content (AvgIpc) is 3.15. The summed E-state index contributed by atoms with van der Waals surface area (Å²) < 4.78 is 0. The Labute approximate surface area is 164 Å². The third-order valence-electron chi connectivity index (χ3n) is 6.09. The molecule has 0 amide bonds. The number of piperidine rings is 1. The van der Waals surface area contributed by atoms with Gasteiger partial charge in [0.1, 0.15) is 0 Å². The third-order valence-corrected chi connectivity index (χ3v) is 6.09. The summed E-state index contributed by atoms with van der Waals surface area (Å²) in [4.78, 5) is 7.22. The molecular formula is C23H34N4. The zero-order valence-corrected chi connectivity index (χ0v) is 17.1. The van der Waals surface area contributed by atoms with Gasteiger partial charge in [-0.05, 0) is 63.6 Å². The van der Waals surface area contributed by atoms with Crippen molar-refractivity contribution in [1.29, 1.82) is 0 Å². The fourth-order valence-corrected chi connectivity index (χ4v) is 4.12. The Morgan fingerprint density at radius 2 is 2.04 bits per heavy atom. The molecule has 2 heterocycles. The minimum Gasteiger partial charge on any atom is -0.370 e. The zero-order valence-electron chi connectivity index (χ0n) is 17.1. The fraction of sp³-hybridized carbons (Fsp3) is 0.522. The van der Waals surface area contributed by atoms with Crippen LogP contribution in [0.4, 0.5) is 11.4 Å². The van der Waals surface area contributed by atoms with Crippen LogP contribution < -0.4 is 15.5 Å². The van der Waals surface area contributed by atoms with Crippen molar-refractivity contribution in [1.82, 2.24) is 5.32 Å². The lowest BCUT2D eigenvalue weighted by Gasteiger charge is -2.40. The van der Waals surface area contributed by atoms with E-state index in [0.717, 1.165) is 42.3 Å². The summed E-state index contributed by atoms with van der Waals surface area (Å²) in [5.74, 6) is 0. The zero-order chi connectivity index (χ0) is 19.3. The highest BCUT2D eigenvalue weighted by Gasteiger charge is 2.37. The van der Waals surface area contributed by atoms with Crippen molar-refractivity contribution in [2.45, 2.75) is 46.5 Å². The maximum absolute atomic E-state index is 4.70. The molecule has 2 aliphatic heterocycles. The van der Waals surface area contributed by atoms with Crippen LogP contribution in [0.1, 0.15) is 46.5 Å². The molecule has 2 aliphatic rings. The van der Waals surface area contributed by atoms with E-state index in [9.17, 15) is 0 Å². The van der Waals surface area contributed by atoms with Crippen LogP contribution in [0.3, 0.4) is 0 Å². The van der Waals surface area contributed by atoms with Crippen LogP contribution >= 0.6 is 0 Å². The van der Waals surface area contributed by atoms with Crippen molar-refractivity contribution >= 4 is 17.1 Å². The number of rotatable bonds is 6. The number of para-hydroxylation sites is 2. The molecule has 4 heteroatoms. The molecule has 2 N–H and O–H groups in total. The van der Waals surface area contributed by atoms with Crippen molar-refractivity contribution in [3.63, 3.8) is 0 Å². The molecule has 0 atom stereocenters. The van der Waals surface area contributed by atoms with E-state index in [0.29, 0.717) is 5.41 Å². The second kappa shape index (κ2) is 8.75. The van der Waals surface area contributed by atoms with Gasteiger partial charge in [0.2, 0.25) is 0 Å². The van der Waals surface area contributed by atoms with Gasteiger partial charge in [-0.2, -0.15) is 0 Å². The molecule has 3 rings (SSSR count). The second-order valence-electron chi connectivity index (χ2n) is 7.91. The molecule has 0 saturated carbocycles. The Balaban J connectivity index is 1.72. The molecule has 0 aliphatic carbocycles.